The van der Waals surface area contributed by atoms with Crippen LogP contribution in [-0.4, -0.2) is 23.5 Å². The number of carbonyl (C=O) groups is 1. The van der Waals surface area contributed by atoms with Crippen LogP contribution in [0, 0.1) is 0 Å². The Kier molecular flexibility index (Phi) is 5.64. The molecule has 124 valence electrons. The van der Waals surface area contributed by atoms with E-state index >= 15 is 0 Å². The van der Waals surface area contributed by atoms with Crippen molar-refractivity contribution in [2.45, 2.75) is 11.6 Å². The van der Waals surface area contributed by atoms with Crippen molar-refractivity contribution in [3.8, 4) is 0 Å². The van der Waals surface area contributed by atoms with Gasteiger partial charge in [-0.3, -0.25) is 4.90 Å². The Morgan fingerprint density at radius 2 is 1.12 bits per heavy atom. The minimum Gasteiger partial charge on any atom is -0.548 e. The summed E-state index contributed by atoms with van der Waals surface area (Å²) in [5, 5.41) is 11.6. The van der Waals surface area contributed by atoms with E-state index in [0.717, 1.165) is 16.7 Å². The fraction of sp³-hybridized carbons (Fsp3) is 0.136. The molecule has 3 aromatic rings. The fourth-order valence-corrected chi connectivity index (χ4v) is 3.75. The molecule has 1 saturated heterocycles. The molecule has 3 aromatic carbocycles. The summed E-state index contributed by atoms with van der Waals surface area (Å²) in [4.78, 5) is 13.6. The first kappa shape index (κ1) is 18.9. The molecule has 0 spiro atoms. The standard InChI is InChI=1S/C22H19NO2.Na/c24-21(25)20-16-23(20)22(17-10-4-1-5-11-17,18-12-6-2-7-13-18)19-14-8-3-9-15-19;/h1-15,20H,16H2,(H,24,25);/q;+1/p-1/t20?,23-;/m0./s1. The van der Waals surface area contributed by atoms with Crippen LogP contribution in [0.25, 0.3) is 0 Å². The van der Waals surface area contributed by atoms with Crippen LogP contribution in [0.15, 0.2) is 91.0 Å². The quantitative estimate of drug-likeness (QED) is 0.351. The minimum atomic E-state index is -1.02. The van der Waals surface area contributed by atoms with Gasteiger partial charge in [-0.15, -0.1) is 0 Å². The van der Waals surface area contributed by atoms with Crippen molar-refractivity contribution in [2.75, 3.05) is 6.54 Å². The van der Waals surface area contributed by atoms with Crippen molar-refractivity contribution in [3.05, 3.63) is 108 Å². The van der Waals surface area contributed by atoms with Crippen molar-refractivity contribution in [1.29, 1.82) is 0 Å². The number of hydrogen-bond donors (Lipinski definition) is 0. The third kappa shape index (κ3) is 3.12. The molecular weight excluding hydrogens is 333 g/mol. The van der Waals surface area contributed by atoms with Gasteiger partial charge in [-0.2, -0.15) is 0 Å². The van der Waals surface area contributed by atoms with Crippen molar-refractivity contribution in [3.63, 3.8) is 0 Å². The maximum Gasteiger partial charge on any atom is 1.00 e. The van der Waals surface area contributed by atoms with Gasteiger partial charge in [-0.05, 0) is 16.7 Å². The molecule has 0 bridgehead atoms. The van der Waals surface area contributed by atoms with E-state index in [1.165, 1.54) is 0 Å². The summed E-state index contributed by atoms with van der Waals surface area (Å²) in [5.74, 6) is -1.02. The van der Waals surface area contributed by atoms with E-state index in [-0.39, 0.29) is 29.6 Å². The Hall–Kier alpha value is -1.91. The van der Waals surface area contributed by atoms with Crippen LogP contribution in [0.1, 0.15) is 16.7 Å². The van der Waals surface area contributed by atoms with Crippen molar-refractivity contribution in [2.24, 2.45) is 0 Å². The largest absolute Gasteiger partial charge is 1.00 e. The van der Waals surface area contributed by atoms with Crippen LogP contribution in [0.2, 0.25) is 0 Å². The van der Waals surface area contributed by atoms with Crippen molar-refractivity contribution >= 4 is 5.97 Å². The van der Waals surface area contributed by atoms with E-state index in [9.17, 15) is 9.90 Å². The van der Waals surface area contributed by atoms with Gasteiger partial charge in [-0.25, -0.2) is 0 Å². The summed E-state index contributed by atoms with van der Waals surface area (Å²) < 4.78 is 0. The normalized spacial score (nSPS) is 18.6. The Morgan fingerprint density at radius 1 is 0.769 bits per heavy atom. The monoisotopic (exact) mass is 351 g/mol. The van der Waals surface area contributed by atoms with E-state index in [2.05, 4.69) is 36.4 Å². The first-order valence-corrected chi connectivity index (χ1v) is 8.39. The van der Waals surface area contributed by atoms with Crippen molar-refractivity contribution < 1.29 is 39.5 Å². The number of aliphatic carboxylic acids is 1. The average Bonchev–Trinajstić information content (AvgIpc) is 3.47. The first-order valence-electron chi connectivity index (χ1n) is 8.39. The summed E-state index contributed by atoms with van der Waals surface area (Å²) in [6.07, 6.45) is 0. The molecular formula is C22H18NNaO2. The number of carboxylic acid groups (broad SMARTS) is 1. The average molecular weight is 351 g/mol. The topological polar surface area (TPSA) is 43.1 Å². The predicted molar refractivity (Wildman–Crippen MR) is 94.7 cm³/mol. The zero-order valence-corrected chi connectivity index (χ0v) is 16.7. The van der Waals surface area contributed by atoms with Gasteiger partial charge in [0.25, 0.3) is 0 Å². The molecule has 0 N–H and O–H groups in total. The molecule has 3 nitrogen and oxygen atoms in total. The molecule has 4 rings (SSSR count). The molecule has 4 heteroatoms. The number of benzene rings is 3. The van der Waals surface area contributed by atoms with Crippen LogP contribution >= 0.6 is 0 Å². The predicted octanol–water partition coefficient (Wildman–Crippen LogP) is -0.583. The van der Waals surface area contributed by atoms with E-state index in [1.807, 2.05) is 59.5 Å². The molecule has 1 aliphatic rings. The van der Waals surface area contributed by atoms with Crippen LogP contribution < -0.4 is 34.7 Å². The molecule has 1 aliphatic heterocycles. The second-order valence-electron chi connectivity index (χ2n) is 6.30. The third-order valence-electron chi connectivity index (χ3n) is 4.89. The van der Waals surface area contributed by atoms with E-state index in [0.29, 0.717) is 6.54 Å². The molecule has 0 saturated carbocycles. The summed E-state index contributed by atoms with van der Waals surface area (Å²) in [5.41, 5.74) is 2.51. The summed E-state index contributed by atoms with van der Waals surface area (Å²) in [6.45, 7) is 0.473. The van der Waals surface area contributed by atoms with Gasteiger partial charge in [0.15, 0.2) is 0 Å². The molecule has 2 atom stereocenters. The molecule has 0 aliphatic carbocycles. The molecule has 1 unspecified atom stereocenters. The van der Waals surface area contributed by atoms with Gasteiger partial charge in [0, 0.05) is 6.54 Å². The van der Waals surface area contributed by atoms with Crippen LogP contribution in [0.5, 0.6) is 0 Å². The van der Waals surface area contributed by atoms with Crippen LogP contribution in [0.3, 0.4) is 0 Å². The number of carboxylic acids is 1. The van der Waals surface area contributed by atoms with Gasteiger partial charge in [0.1, 0.15) is 0 Å². The smallest absolute Gasteiger partial charge is 0.548 e. The van der Waals surface area contributed by atoms with Gasteiger partial charge >= 0.3 is 29.6 Å². The van der Waals surface area contributed by atoms with Gasteiger partial charge in [0.05, 0.1) is 17.6 Å². The van der Waals surface area contributed by atoms with Gasteiger partial charge < -0.3 is 9.90 Å². The SMILES string of the molecule is O=C([O-])C1C[N@]1C(c1ccccc1)(c1ccccc1)c1ccccc1.[Na+]. The Morgan fingerprint density at radius 3 is 1.38 bits per heavy atom. The Balaban J connectivity index is 0.00000196. The van der Waals surface area contributed by atoms with E-state index in [4.69, 9.17) is 0 Å². The molecule has 26 heavy (non-hydrogen) atoms. The van der Waals surface area contributed by atoms with E-state index in [1.54, 1.807) is 0 Å². The summed E-state index contributed by atoms with van der Waals surface area (Å²) in [6, 6.07) is 29.7. The molecule has 1 fully saturated rings. The number of hydrogen-bond acceptors (Lipinski definition) is 3. The maximum absolute atomic E-state index is 11.6. The minimum absolute atomic E-state index is 0. The number of rotatable bonds is 5. The maximum atomic E-state index is 11.6. The fourth-order valence-electron chi connectivity index (χ4n) is 3.75. The van der Waals surface area contributed by atoms with Crippen LogP contribution in [-0.2, 0) is 10.3 Å². The van der Waals surface area contributed by atoms with Crippen LogP contribution in [0.4, 0.5) is 0 Å². The Bertz CT molecular complexity index is 772. The van der Waals surface area contributed by atoms with Gasteiger partial charge in [0.2, 0.25) is 0 Å². The first-order chi connectivity index (χ1) is 12.2. The van der Waals surface area contributed by atoms with E-state index < -0.39 is 17.6 Å². The molecule has 0 aromatic heterocycles. The van der Waals surface area contributed by atoms with Gasteiger partial charge in [-0.1, -0.05) is 91.0 Å². The third-order valence-corrected chi connectivity index (χ3v) is 4.89. The number of carbonyl (C=O) groups excluding carboxylic acids is 1. The molecule has 1 heterocycles. The van der Waals surface area contributed by atoms with Crippen molar-refractivity contribution in [1.82, 2.24) is 4.90 Å². The molecule has 0 radical (unpaired) electrons. The molecule has 0 amide bonds. The zero-order chi connectivity index (χ0) is 17.3. The zero-order valence-electron chi connectivity index (χ0n) is 14.7. The summed E-state index contributed by atoms with van der Waals surface area (Å²) in [7, 11) is 0. The second kappa shape index (κ2) is 7.77. The second-order valence-corrected chi connectivity index (χ2v) is 6.30. The Labute approximate surface area is 175 Å². The number of nitrogens with zero attached hydrogens (tertiary/aromatic N) is 1. The summed E-state index contributed by atoms with van der Waals surface area (Å²) >= 11 is 0.